The molecule has 0 fully saturated rings. The van der Waals surface area contributed by atoms with Crippen LogP contribution in [0.2, 0.25) is 0 Å². The first-order chi connectivity index (χ1) is 6.18. The van der Waals surface area contributed by atoms with Crippen LogP contribution in [-0.4, -0.2) is 11.1 Å². The number of aryl methyl sites for hydroxylation is 1. The van der Waals surface area contributed by atoms with E-state index in [0.717, 1.165) is 24.0 Å². The number of aromatic carboxylic acids is 1. The summed E-state index contributed by atoms with van der Waals surface area (Å²) in [5.41, 5.74) is 8.37. The Morgan fingerprint density at radius 1 is 1.54 bits per heavy atom. The SMILES string of the molecule is NC1CCc2cc(C(=O)O)ccc21. The second-order valence-corrected chi connectivity index (χ2v) is 3.36. The molecule has 0 spiro atoms. The number of hydrogen-bond acceptors (Lipinski definition) is 2. The van der Waals surface area contributed by atoms with Crippen LogP contribution in [0.5, 0.6) is 0 Å². The number of carbonyl (C=O) groups is 1. The van der Waals surface area contributed by atoms with Gasteiger partial charge in [0.2, 0.25) is 0 Å². The second-order valence-electron chi connectivity index (χ2n) is 3.36. The number of carboxylic acids is 1. The minimum absolute atomic E-state index is 0.0952. The van der Waals surface area contributed by atoms with Gasteiger partial charge in [0.25, 0.3) is 0 Å². The van der Waals surface area contributed by atoms with Crippen molar-refractivity contribution in [3.63, 3.8) is 0 Å². The maximum Gasteiger partial charge on any atom is 0.335 e. The van der Waals surface area contributed by atoms with Gasteiger partial charge in [0.05, 0.1) is 5.56 Å². The minimum Gasteiger partial charge on any atom is -0.478 e. The Morgan fingerprint density at radius 3 is 3.00 bits per heavy atom. The largest absolute Gasteiger partial charge is 0.478 e. The van der Waals surface area contributed by atoms with Crippen molar-refractivity contribution in [3.8, 4) is 0 Å². The normalized spacial score (nSPS) is 19.9. The highest BCUT2D eigenvalue weighted by Gasteiger charge is 2.19. The maximum atomic E-state index is 10.7. The van der Waals surface area contributed by atoms with E-state index in [2.05, 4.69) is 0 Å². The average molecular weight is 177 g/mol. The highest BCUT2D eigenvalue weighted by atomic mass is 16.4. The van der Waals surface area contributed by atoms with Crippen molar-refractivity contribution in [1.82, 2.24) is 0 Å². The predicted molar refractivity (Wildman–Crippen MR) is 48.7 cm³/mol. The first-order valence-corrected chi connectivity index (χ1v) is 4.30. The van der Waals surface area contributed by atoms with Gasteiger partial charge in [-0.25, -0.2) is 4.79 Å². The fraction of sp³-hybridized carbons (Fsp3) is 0.300. The van der Waals surface area contributed by atoms with E-state index in [1.54, 1.807) is 12.1 Å². The van der Waals surface area contributed by atoms with Crippen molar-refractivity contribution >= 4 is 5.97 Å². The topological polar surface area (TPSA) is 63.3 Å². The third-order valence-corrected chi connectivity index (χ3v) is 2.51. The molecule has 3 heteroatoms. The number of hydrogen-bond donors (Lipinski definition) is 2. The molecule has 0 saturated heterocycles. The van der Waals surface area contributed by atoms with Crippen LogP contribution >= 0.6 is 0 Å². The Kier molecular flexibility index (Phi) is 1.81. The van der Waals surface area contributed by atoms with Gasteiger partial charge in [0.1, 0.15) is 0 Å². The lowest BCUT2D eigenvalue weighted by Crippen LogP contribution is -2.05. The molecule has 1 aliphatic carbocycles. The fourth-order valence-electron chi connectivity index (χ4n) is 1.78. The molecule has 1 atom stereocenters. The van der Waals surface area contributed by atoms with Crippen LogP contribution < -0.4 is 5.73 Å². The highest BCUT2D eigenvalue weighted by Crippen LogP contribution is 2.29. The molecule has 0 heterocycles. The van der Waals surface area contributed by atoms with Crippen molar-refractivity contribution in [1.29, 1.82) is 0 Å². The summed E-state index contributed by atoms with van der Waals surface area (Å²) in [5.74, 6) is -0.872. The van der Waals surface area contributed by atoms with Crippen molar-refractivity contribution in [2.45, 2.75) is 18.9 Å². The van der Waals surface area contributed by atoms with E-state index in [9.17, 15) is 4.79 Å². The summed E-state index contributed by atoms with van der Waals surface area (Å²) < 4.78 is 0. The van der Waals surface area contributed by atoms with E-state index in [1.807, 2.05) is 6.07 Å². The molecule has 2 rings (SSSR count). The number of carboxylic acid groups (broad SMARTS) is 1. The molecule has 0 saturated carbocycles. The number of nitrogens with two attached hydrogens (primary N) is 1. The van der Waals surface area contributed by atoms with Gasteiger partial charge in [-0.1, -0.05) is 6.07 Å². The Morgan fingerprint density at radius 2 is 2.31 bits per heavy atom. The lowest BCUT2D eigenvalue weighted by molar-refractivity contribution is 0.0697. The molecule has 3 nitrogen and oxygen atoms in total. The predicted octanol–water partition coefficient (Wildman–Crippen LogP) is 1.33. The van der Waals surface area contributed by atoms with Crippen LogP contribution in [0.4, 0.5) is 0 Å². The van der Waals surface area contributed by atoms with Crippen molar-refractivity contribution in [2.24, 2.45) is 5.73 Å². The summed E-state index contributed by atoms with van der Waals surface area (Å²) >= 11 is 0. The van der Waals surface area contributed by atoms with Crippen LogP contribution in [-0.2, 0) is 6.42 Å². The third kappa shape index (κ3) is 1.31. The highest BCUT2D eigenvalue weighted by molar-refractivity contribution is 5.88. The summed E-state index contributed by atoms with van der Waals surface area (Å²) in [4.78, 5) is 10.7. The van der Waals surface area contributed by atoms with Crippen molar-refractivity contribution in [3.05, 3.63) is 34.9 Å². The standard InChI is InChI=1S/C10H11NO2/c11-9-4-2-6-5-7(10(12)13)1-3-8(6)9/h1,3,5,9H,2,4,11H2,(H,12,13). The molecule has 0 amide bonds. The van der Waals surface area contributed by atoms with Crippen LogP contribution in [0, 0.1) is 0 Å². The molecular weight excluding hydrogens is 166 g/mol. The van der Waals surface area contributed by atoms with Gasteiger partial charge >= 0.3 is 5.97 Å². The summed E-state index contributed by atoms with van der Waals surface area (Å²) in [6.45, 7) is 0. The number of benzene rings is 1. The molecular formula is C10H11NO2. The summed E-state index contributed by atoms with van der Waals surface area (Å²) in [7, 11) is 0. The van der Waals surface area contributed by atoms with Crippen LogP contribution in [0.1, 0.15) is 33.9 Å². The number of rotatable bonds is 1. The quantitative estimate of drug-likeness (QED) is 0.680. The average Bonchev–Trinajstić information content (AvgIpc) is 2.47. The van der Waals surface area contributed by atoms with E-state index in [0.29, 0.717) is 5.56 Å². The molecule has 0 bridgehead atoms. The Balaban J connectivity index is 2.45. The molecule has 1 aliphatic rings. The molecule has 0 radical (unpaired) electrons. The van der Waals surface area contributed by atoms with Crippen LogP contribution in [0.15, 0.2) is 18.2 Å². The van der Waals surface area contributed by atoms with E-state index < -0.39 is 5.97 Å². The third-order valence-electron chi connectivity index (χ3n) is 2.51. The van der Waals surface area contributed by atoms with Gasteiger partial charge < -0.3 is 10.8 Å². The van der Waals surface area contributed by atoms with Gasteiger partial charge in [0, 0.05) is 6.04 Å². The zero-order valence-electron chi connectivity index (χ0n) is 7.16. The Hall–Kier alpha value is -1.35. The van der Waals surface area contributed by atoms with E-state index in [4.69, 9.17) is 10.8 Å². The zero-order chi connectivity index (χ0) is 9.42. The van der Waals surface area contributed by atoms with E-state index >= 15 is 0 Å². The molecule has 68 valence electrons. The van der Waals surface area contributed by atoms with E-state index in [1.165, 1.54) is 0 Å². The maximum absolute atomic E-state index is 10.7. The minimum atomic E-state index is -0.872. The molecule has 0 aromatic heterocycles. The molecule has 0 aliphatic heterocycles. The van der Waals surface area contributed by atoms with E-state index in [-0.39, 0.29) is 6.04 Å². The molecule has 3 N–H and O–H groups in total. The van der Waals surface area contributed by atoms with Gasteiger partial charge in [-0.3, -0.25) is 0 Å². The first-order valence-electron chi connectivity index (χ1n) is 4.30. The smallest absolute Gasteiger partial charge is 0.335 e. The lowest BCUT2D eigenvalue weighted by Gasteiger charge is -2.04. The zero-order valence-corrected chi connectivity index (χ0v) is 7.16. The molecule has 1 aromatic rings. The second kappa shape index (κ2) is 2.85. The van der Waals surface area contributed by atoms with Gasteiger partial charge in [-0.05, 0) is 36.1 Å². The Bertz CT molecular complexity index is 360. The van der Waals surface area contributed by atoms with Gasteiger partial charge in [-0.2, -0.15) is 0 Å². The number of fused-ring (bicyclic) bond motifs is 1. The summed E-state index contributed by atoms with van der Waals surface area (Å²) in [6.07, 6.45) is 1.83. The van der Waals surface area contributed by atoms with Crippen molar-refractivity contribution < 1.29 is 9.90 Å². The van der Waals surface area contributed by atoms with Crippen LogP contribution in [0.25, 0.3) is 0 Å². The monoisotopic (exact) mass is 177 g/mol. The fourth-order valence-corrected chi connectivity index (χ4v) is 1.78. The van der Waals surface area contributed by atoms with Crippen LogP contribution in [0.3, 0.4) is 0 Å². The molecule has 1 aromatic carbocycles. The van der Waals surface area contributed by atoms with Crippen molar-refractivity contribution in [2.75, 3.05) is 0 Å². The first kappa shape index (κ1) is 8.26. The summed E-state index contributed by atoms with van der Waals surface area (Å²) in [5, 5.41) is 8.75. The van der Waals surface area contributed by atoms with Gasteiger partial charge in [-0.15, -0.1) is 0 Å². The molecule has 1 unspecified atom stereocenters. The lowest BCUT2D eigenvalue weighted by atomic mass is 10.1. The molecule has 13 heavy (non-hydrogen) atoms. The van der Waals surface area contributed by atoms with Gasteiger partial charge in [0.15, 0.2) is 0 Å². The summed E-state index contributed by atoms with van der Waals surface area (Å²) in [6, 6.07) is 5.27. The Labute approximate surface area is 76.2 Å².